The van der Waals surface area contributed by atoms with Crippen molar-refractivity contribution < 1.29 is 0 Å². The maximum absolute atomic E-state index is 6.02. The molecule has 0 N–H and O–H groups in total. The number of rotatable bonds is 3. The molecule has 0 saturated carbocycles. The topological polar surface area (TPSA) is 30.7 Å². The van der Waals surface area contributed by atoms with Gasteiger partial charge >= 0.3 is 0 Å². The normalized spacial score (nSPS) is 10.8. The lowest BCUT2D eigenvalue weighted by atomic mass is 10.1. The van der Waals surface area contributed by atoms with Gasteiger partial charge in [-0.1, -0.05) is 35.4 Å². The molecular weight excluding hydrogens is 282 g/mol. The maximum Gasteiger partial charge on any atom is 0.168 e. The van der Waals surface area contributed by atoms with E-state index in [1.165, 1.54) is 11.1 Å². The number of hydrogen-bond acceptors (Lipinski definition) is 2. The highest BCUT2D eigenvalue weighted by Crippen LogP contribution is 2.25. The number of hydrogen-bond donors (Lipinski definition) is 0. The number of aromatic nitrogens is 3. The van der Waals surface area contributed by atoms with Crippen LogP contribution in [-0.2, 0) is 5.88 Å². The summed E-state index contributed by atoms with van der Waals surface area (Å²) in [6, 6.07) is 16.4. The van der Waals surface area contributed by atoms with Crippen LogP contribution in [0, 0.1) is 13.8 Å². The molecule has 0 saturated heterocycles. The minimum absolute atomic E-state index is 0.326. The Morgan fingerprint density at radius 1 is 0.952 bits per heavy atom. The van der Waals surface area contributed by atoms with Gasteiger partial charge in [-0.05, 0) is 38.1 Å². The molecule has 0 aliphatic carbocycles. The number of aryl methyl sites for hydroxylation is 2. The van der Waals surface area contributed by atoms with E-state index in [0.717, 1.165) is 22.9 Å². The van der Waals surface area contributed by atoms with Gasteiger partial charge in [-0.25, -0.2) is 0 Å². The van der Waals surface area contributed by atoms with Gasteiger partial charge in [-0.2, -0.15) is 0 Å². The molecular formula is C17H16ClN3. The molecule has 1 aromatic heterocycles. The van der Waals surface area contributed by atoms with E-state index < -0.39 is 0 Å². The maximum atomic E-state index is 6.02. The van der Waals surface area contributed by atoms with Crippen LogP contribution in [0.1, 0.15) is 17.0 Å². The number of halogens is 1. The minimum atomic E-state index is 0.326. The first-order valence-corrected chi connectivity index (χ1v) is 7.37. The van der Waals surface area contributed by atoms with Gasteiger partial charge in [0.05, 0.1) is 5.88 Å². The summed E-state index contributed by atoms with van der Waals surface area (Å²) in [6.45, 7) is 4.17. The van der Waals surface area contributed by atoms with Gasteiger partial charge in [0.25, 0.3) is 0 Å². The standard InChI is InChI=1S/C17H16ClN3/c1-12-8-13(2)10-14(9-12)17-20-19-16(11-18)21(17)15-6-4-3-5-7-15/h3-10H,11H2,1-2H3. The van der Waals surface area contributed by atoms with Crippen molar-refractivity contribution in [3.8, 4) is 17.1 Å². The van der Waals surface area contributed by atoms with Crippen molar-refractivity contribution in [2.75, 3.05) is 0 Å². The van der Waals surface area contributed by atoms with E-state index in [4.69, 9.17) is 11.6 Å². The highest BCUT2D eigenvalue weighted by molar-refractivity contribution is 6.16. The average Bonchev–Trinajstić information content (AvgIpc) is 2.91. The third kappa shape index (κ3) is 2.69. The minimum Gasteiger partial charge on any atom is -0.278 e. The highest BCUT2D eigenvalue weighted by atomic mass is 35.5. The first-order valence-electron chi connectivity index (χ1n) is 6.83. The summed E-state index contributed by atoms with van der Waals surface area (Å²) in [4.78, 5) is 0. The second-order valence-corrected chi connectivity index (χ2v) is 5.39. The van der Waals surface area contributed by atoms with E-state index in [1.807, 2.05) is 34.9 Å². The van der Waals surface area contributed by atoms with Gasteiger partial charge in [0.2, 0.25) is 0 Å². The number of alkyl halides is 1. The lowest BCUT2D eigenvalue weighted by Crippen LogP contribution is -2.01. The highest BCUT2D eigenvalue weighted by Gasteiger charge is 2.15. The van der Waals surface area contributed by atoms with E-state index >= 15 is 0 Å². The van der Waals surface area contributed by atoms with Crippen LogP contribution in [0.5, 0.6) is 0 Å². The zero-order valence-electron chi connectivity index (χ0n) is 12.0. The Labute approximate surface area is 129 Å². The SMILES string of the molecule is Cc1cc(C)cc(-c2nnc(CCl)n2-c2ccccc2)c1. The van der Waals surface area contributed by atoms with Crippen LogP contribution in [-0.4, -0.2) is 14.8 Å². The third-order valence-corrected chi connectivity index (χ3v) is 3.58. The van der Waals surface area contributed by atoms with Crippen LogP contribution in [0.4, 0.5) is 0 Å². The van der Waals surface area contributed by atoms with Crippen molar-refractivity contribution in [3.05, 3.63) is 65.5 Å². The molecule has 2 aromatic carbocycles. The summed E-state index contributed by atoms with van der Waals surface area (Å²) in [5.41, 5.74) is 4.49. The molecule has 21 heavy (non-hydrogen) atoms. The molecule has 106 valence electrons. The largest absolute Gasteiger partial charge is 0.278 e. The third-order valence-electron chi connectivity index (χ3n) is 3.34. The van der Waals surface area contributed by atoms with Gasteiger partial charge in [-0.3, -0.25) is 4.57 Å². The number of para-hydroxylation sites is 1. The van der Waals surface area contributed by atoms with Gasteiger partial charge in [0.15, 0.2) is 11.6 Å². The first kappa shape index (κ1) is 13.8. The second kappa shape index (κ2) is 5.70. The summed E-state index contributed by atoms with van der Waals surface area (Å²) >= 11 is 6.02. The van der Waals surface area contributed by atoms with Crippen molar-refractivity contribution in [3.63, 3.8) is 0 Å². The van der Waals surface area contributed by atoms with E-state index in [0.29, 0.717) is 5.88 Å². The summed E-state index contributed by atoms with van der Waals surface area (Å²) < 4.78 is 2.02. The Balaban J connectivity index is 2.22. The molecule has 0 aliphatic rings. The molecule has 0 aliphatic heterocycles. The van der Waals surface area contributed by atoms with Crippen LogP contribution < -0.4 is 0 Å². The fraction of sp³-hybridized carbons (Fsp3) is 0.176. The summed E-state index contributed by atoms with van der Waals surface area (Å²) in [5, 5.41) is 8.57. The van der Waals surface area contributed by atoms with Crippen LogP contribution in [0.15, 0.2) is 48.5 Å². The van der Waals surface area contributed by atoms with E-state index in [9.17, 15) is 0 Å². The molecule has 0 amide bonds. The summed E-state index contributed by atoms with van der Waals surface area (Å²) in [7, 11) is 0. The van der Waals surface area contributed by atoms with Crippen LogP contribution in [0.2, 0.25) is 0 Å². The van der Waals surface area contributed by atoms with Crippen LogP contribution in [0.3, 0.4) is 0 Å². The van der Waals surface area contributed by atoms with Gasteiger partial charge in [0.1, 0.15) is 0 Å². The predicted molar refractivity (Wildman–Crippen MR) is 85.8 cm³/mol. The number of nitrogens with zero attached hydrogens (tertiary/aromatic N) is 3. The predicted octanol–water partition coefficient (Wildman–Crippen LogP) is 4.29. The van der Waals surface area contributed by atoms with Crippen molar-refractivity contribution in [2.24, 2.45) is 0 Å². The molecule has 0 fully saturated rings. The summed E-state index contributed by atoms with van der Waals surface area (Å²) in [6.07, 6.45) is 0. The molecule has 0 unspecified atom stereocenters. The zero-order valence-corrected chi connectivity index (χ0v) is 12.8. The van der Waals surface area contributed by atoms with Gasteiger partial charge in [-0.15, -0.1) is 21.8 Å². The van der Waals surface area contributed by atoms with Crippen molar-refractivity contribution in [2.45, 2.75) is 19.7 Å². The second-order valence-electron chi connectivity index (χ2n) is 5.12. The molecule has 0 radical (unpaired) electrons. The Hall–Kier alpha value is -2.13. The molecule has 1 heterocycles. The van der Waals surface area contributed by atoms with Crippen molar-refractivity contribution in [1.82, 2.24) is 14.8 Å². The fourth-order valence-electron chi connectivity index (χ4n) is 2.54. The smallest absolute Gasteiger partial charge is 0.168 e. The van der Waals surface area contributed by atoms with Gasteiger partial charge in [0, 0.05) is 11.3 Å². The first-order chi connectivity index (χ1) is 10.2. The number of benzene rings is 2. The van der Waals surface area contributed by atoms with Gasteiger partial charge < -0.3 is 0 Å². The average molecular weight is 298 g/mol. The van der Waals surface area contributed by atoms with Crippen LogP contribution in [0.25, 0.3) is 17.1 Å². The molecule has 3 rings (SSSR count). The quantitative estimate of drug-likeness (QED) is 0.675. The molecule has 0 spiro atoms. The Morgan fingerprint density at radius 2 is 1.62 bits per heavy atom. The summed E-state index contributed by atoms with van der Waals surface area (Å²) in [5.74, 6) is 1.90. The molecule has 4 heteroatoms. The molecule has 3 aromatic rings. The Bertz CT molecular complexity index is 743. The monoisotopic (exact) mass is 297 g/mol. The lowest BCUT2D eigenvalue weighted by Gasteiger charge is -2.10. The van der Waals surface area contributed by atoms with Crippen molar-refractivity contribution >= 4 is 11.6 Å². The molecule has 3 nitrogen and oxygen atoms in total. The van der Waals surface area contributed by atoms with Crippen molar-refractivity contribution in [1.29, 1.82) is 0 Å². The Morgan fingerprint density at radius 3 is 2.24 bits per heavy atom. The van der Waals surface area contributed by atoms with E-state index in [-0.39, 0.29) is 0 Å². The molecule has 0 bridgehead atoms. The van der Waals surface area contributed by atoms with Crippen LogP contribution >= 0.6 is 11.6 Å². The Kier molecular flexibility index (Phi) is 3.76. The van der Waals surface area contributed by atoms with E-state index in [1.54, 1.807) is 0 Å². The zero-order chi connectivity index (χ0) is 14.8. The molecule has 0 atom stereocenters. The van der Waals surface area contributed by atoms with E-state index in [2.05, 4.69) is 42.2 Å². The fourth-order valence-corrected chi connectivity index (χ4v) is 2.72. The lowest BCUT2D eigenvalue weighted by molar-refractivity contribution is 0.953.